The van der Waals surface area contributed by atoms with Crippen LogP contribution >= 0.6 is 0 Å². The van der Waals surface area contributed by atoms with Gasteiger partial charge < -0.3 is 50.0 Å². The van der Waals surface area contributed by atoms with Crippen molar-refractivity contribution in [2.24, 2.45) is 0 Å². The standard InChI is InChI=1S/2C18H29NO4.C2H2O4/c2*1-6-22-11-15-9-14(13(2)20)7-8-17(15)23-12-16(21)10-19-18(3,4)5;3-1(4)2(5)6/h2*7-9,16,19,21H,6,10-12H2,1-5H3;(H,3,4)(H,5,6). The number of benzene rings is 2. The quantitative estimate of drug-likeness (QED) is 0.0934. The average molecular weight is 737 g/mol. The summed E-state index contributed by atoms with van der Waals surface area (Å²) in [4.78, 5) is 41.2. The molecule has 6 N–H and O–H groups in total. The van der Waals surface area contributed by atoms with E-state index in [0.29, 0.717) is 62.1 Å². The molecule has 0 fully saturated rings. The fraction of sp³-hybridized carbons (Fsp3) is 0.579. The number of rotatable bonds is 18. The summed E-state index contributed by atoms with van der Waals surface area (Å²) in [5.41, 5.74) is 2.78. The number of hydrogen-bond acceptors (Lipinski definition) is 12. The van der Waals surface area contributed by atoms with Crippen molar-refractivity contribution in [2.75, 3.05) is 39.5 Å². The first-order valence-electron chi connectivity index (χ1n) is 17.1. The van der Waals surface area contributed by atoms with E-state index in [0.717, 1.165) is 11.1 Å². The molecule has 14 nitrogen and oxygen atoms in total. The molecule has 2 aromatic rings. The number of nitrogens with one attached hydrogen (secondary N) is 2. The van der Waals surface area contributed by atoms with Gasteiger partial charge in [0.05, 0.1) is 13.2 Å². The van der Waals surface area contributed by atoms with Gasteiger partial charge >= 0.3 is 11.9 Å². The number of carboxylic acid groups (broad SMARTS) is 2. The van der Waals surface area contributed by atoms with Gasteiger partial charge in [-0.3, -0.25) is 9.59 Å². The molecule has 294 valence electrons. The lowest BCUT2D eigenvalue weighted by atomic mass is 10.1. The Morgan fingerprint density at radius 3 is 1.21 bits per heavy atom. The predicted molar refractivity (Wildman–Crippen MR) is 197 cm³/mol. The lowest BCUT2D eigenvalue weighted by Crippen LogP contribution is -2.42. The molecule has 2 unspecified atom stereocenters. The summed E-state index contributed by atoms with van der Waals surface area (Å²) >= 11 is 0. The number of aliphatic hydroxyl groups is 2. The SMILES string of the molecule is CCOCc1cc(C(C)=O)ccc1OCC(O)CNC(C)(C)C.CCOCc1cc(C(C)=O)ccc1OCC(O)CNC(C)(C)C.O=C(O)C(=O)O. The molecule has 0 saturated carbocycles. The Labute approximate surface area is 307 Å². The minimum absolute atomic E-state index is 0.00344. The van der Waals surface area contributed by atoms with Gasteiger partial charge in [0.25, 0.3) is 0 Å². The summed E-state index contributed by atoms with van der Waals surface area (Å²) < 4.78 is 22.3. The third-order valence-electron chi connectivity index (χ3n) is 6.64. The molecule has 0 aliphatic heterocycles. The molecule has 0 saturated heterocycles. The van der Waals surface area contributed by atoms with Crippen LogP contribution in [0, 0.1) is 0 Å². The second kappa shape index (κ2) is 24.3. The van der Waals surface area contributed by atoms with Crippen molar-refractivity contribution in [2.45, 2.75) is 106 Å². The number of carboxylic acids is 2. The number of β-amino-alcohol motifs (C(OH)–C–C–N with tert-alkyl or cyclic N) is 2. The van der Waals surface area contributed by atoms with E-state index in [1.807, 2.05) is 55.4 Å². The van der Waals surface area contributed by atoms with Crippen molar-refractivity contribution in [3.63, 3.8) is 0 Å². The van der Waals surface area contributed by atoms with Gasteiger partial charge in [-0.1, -0.05) is 0 Å². The molecule has 2 aromatic carbocycles. The lowest BCUT2D eigenvalue weighted by Gasteiger charge is -2.23. The van der Waals surface area contributed by atoms with E-state index >= 15 is 0 Å². The molecule has 14 heteroatoms. The number of aliphatic hydroxyl groups excluding tert-OH is 2. The van der Waals surface area contributed by atoms with Crippen molar-refractivity contribution < 1.29 is 58.6 Å². The van der Waals surface area contributed by atoms with Crippen LogP contribution in [0.3, 0.4) is 0 Å². The van der Waals surface area contributed by atoms with Gasteiger partial charge in [-0.05, 0) is 106 Å². The molecule has 2 atom stereocenters. The van der Waals surface area contributed by atoms with E-state index in [-0.39, 0.29) is 35.9 Å². The van der Waals surface area contributed by atoms with Crippen LogP contribution in [0.5, 0.6) is 11.5 Å². The van der Waals surface area contributed by atoms with Crippen LogP contribution in [0.1, 0.15) is 101 Å². The highest BCUT2D eigenvalue weighted by molar-refractivity contribution is 6.27. The summed E-state index contributed by atoms with van der Waals surface area (Å²) in [7, 11) is 0. The normalized spacial score (nSPS) is 12.3. The molecule has 0 aromatic heterocycles. The summed E-state index contributed by atoms with van der Waals surface area (Å²) in [5.74, 6) is -2.37. The Kier molecular flexibility index (Phi) is 22.5. The average Bonchev–Trinajstić information content (AvgIpc) is 3.06. The molecule has 52 heavy (non-hydrogen) atoms. The summed E-state index contributed by atoms with van der Waals surface area (Å²) in [5, 5.41) is 41.3. The molecule has 0 bridgehead atoms. The third-order valence-corrected chi connectivity index (χ3v) is 6.64. The molecular weight excluding hydrogens is 676 g/mol. The van der Waals surface area contributed by atoms with Crippen molar-refractivity contribution in [1.82, 2.24) is 10.6 Å². The number of carbonyl (C=O) groups is 4. The maximum atomic E-state index is 11.5. The van der Waals surface area contributed by atoms with E-state index < -0.39 is 24.1 Å². The smallest absolute Gasteiger partial charge is 0.414 e. The highest BCUT2D eigenvalue weighted by atomic mass is 16.5. The van der Waals surface area contributed by atoms with Crippen molar-refractivity contribution >= 4 is 23.5 Å². The molecule has 0 heterocycles. The van der Waals surface area contributed by atoms with Gasteiger partial charge in [0, 0.05) is 59.6 Å². The van der Waals surface area contributed by atoms with Crippen LogP contribution in [0.4, 0.5) is 0 Å². The highest BCUT2D eigenvalue weighted by Gasteiger charge is 2.16. The van der Waals surface area contributed by atoms with Crippen LogP contribution in [-0.2, 0) is 32.3 Å². The van der Waals surface area contributed by atoms with Gasteiger partial charge in [0.1, 0.15) is 36.9 Å². The lowest BCUT2D eigenvalue weighted by molar-refractivity contribution is -0.159. The molecule has 0 radical (unpaired) electrons. The molecule has 0 aliphatic rings. The number of ketones is 2. The molecule has 2 rings (SSSR count). The van der Waals surface area contributed by atoms with Crippen molar-refractivity contribution in [3.8, 4) is 11.5 Å². The van der Waals surface area contributed by atoms with Crippen LogP contribution in [0.15, 0.2) is 36.4 Å². The molecular formula is C38H60N2O12. The highest BCUT2D eigenvalue weighted by Crippen LogP contribution is 2.23. The second-order valence-electron chi connectivity index (χ2n) is 13.8. The Bertz CT molecular complexity index is 1290. The van der Waals surface area contributed by atoms with Gasteiger partial charge in [-0.15, -0.1) is 0 Å². The Morgan fingerprint density at radius 1 is 0.635 bits per heavy atom. The van der Waals surface area contributed by atoms with E-state index in [1.54, 1.807) is 36.4 Å². The van der Waals surface area contributed by atoms with E-state index in [1.165, 1.54) is 13.8 Å². The number of carbonyl (C=O) groups excluding carboxylic acids is 2. The topological polar surface area (TPSA) is 210 Å². The monoisotopic (exact) mass is 736 g/mol. The number of hydrogen-bond donors (Lipinski definition) is 6. The first-order chi connectivity index (χ1) is 24.1. The van der Waals surface area contributed by atoms with E-state index in [9.17, 15) is 19.8 Å². The fourth-order valence-corrected chi connectivity index (χ4v) is 3.87. The summed E-state index contributed by atoms with van der Waals surface area (Å²) in [6, 6.07) is 10.5. The number of ether oxygens (including phenoxy) is 4. The fourth-order valence-electron chi connectivity index (χ4n) is 3.87. The van der Waals surface area contributed by atoms with Gasteiger partial charge in [-0.25, -0.2) is 9.59 Å². The molecule has 0 amide bonds. The first kappa shape index (κ1) is 48.1. The van der Waals surface area contributed by atoms with E-state index in [4.69, 9.17) is 38.7 Å². The van der Waals surface area contributed by atoms with Crippen LogP contribution in [-0.4, -0.2) is 107 Å². The largest absolute Gasteiger partial charge is 0.490 e. The Balaban J connectivity index is 0.000000864. The third kappa shape index (κ3) is 22.8. The minimum atomic E-state index is -1.82. The van der Waals surface area contributed by atoms with E-state index in [2.05, 4.69) is 10.6 Å². The van der Waals surface area contributed by atoms with Crippen LogP contribution < -0.4 is 20.1 Å². The zero-order chi connectivity index (χ0) is 40.1. The van der Waals surface area contributed by atoms with Gasteiger partial charge in [-0.2, -0.15) is 0 Å². The zero-order valence-electron chi connectivity index (χ0n) is 32.3. The zero-order valence-corrected chi connectivity index (χ0v) is 32.3. The maximum absolute atomic E-state index is 11.5. The molecule has 0 spiro atoms. The maximum Gasteiger partial charge on any atom is 0.414 e. The summed E-state index contributed by atoms with van der Waals surface area (Å²) in [6.45, 7) is 22.3. The van der Waals surface area contributed by atoms with Crippen LogP contribution in [0.25, 0.3) is 0 Å². The first-order valence-corrected chi connectivity index (χ1v) is 17.1. The predicted octanol–water partition coefficient (Wildman–Crippen LogP) is 4.26. The van der Waals surface area contributed by atoms with Gasteiger partial charge in [0.15, 0.2) is 11.6 Å². The molecule has 0 aliphatic carbocycles. The number of Topliss-reactive ketones (excluding diaryl/α,β-unsaturated/α-hetero) is 2. The van der Waals surface area contributed by atoms with Crippen LogP contribution in [0.2, 0.25) is 0 Å². The van der Waals surface area contributed by atoms with Crippen molar-refractivity contribution in [1.29, 1.82) is 0 Å². The van der Waals surface area contributed by atoms with Gasteiger partial charge in [0.2, 0.25) is 0 Å². The second-order valence-corrected chi connectivity index (χ2v) is 13.8. The number of aliphatic carboxylic acids is 2. The summed E-state index contributed by atoms with van der Waals surface area (Å²) in [6.07, 6.45) is -1.22. The van der Waals surface area contributed by atoms with Crippen molar-refractivity contribution in [3.05, 3.63) is 58.7 Å². The minimum Gasteiger partial charge on any atom is -0.490 e. The Hall–Kier alpha value is -3.92. The Morgan fingerprint density at radius 2 is 0.962 bits per heavy atom.